The molecule has 0 saturated carbocycles. The molecule has 0 aromatic heterocycles. The van der Waals surface area contributed by atoms with Crippen LogP contribution in [0.25, 0.3) is 10.4 Å². The molecular weight excluding hydrogens is 184 g/mol. The fourth-order valence-electron chi connectivity index (χ4n) is 0.696. The van der Waals surface area contributed by atoms with Gasteiger partial charge in [-0.1, -0.05) is 5.11 Å². The lowest BCUT2D eigenvalue weighted by atomic mass is 10.3. The third-order valence-corrected chi connectivity index (χ3v) is 1.49. The molecule has 0 fully saturated rings. The van der Waals surface area contributed by atoms with Gasteiger partial charge in [-0.05, 0) is 11.6 Å². The molecule has 0 unspecified atom stereocenters. The molecule has 0 aliphatic heterocycles. The maximum Gasteiger partial charge on any atom is 0.136 e. The van der Waals surface area contributed by atoms with Gasteiger partial charge in [-0.25, -0.2) is 8.78 Å². The van der Waals surface area contributed by atoms with Crippen LogP contribution in [0, 0.1) is 11.6 Å². The maximum atomic E-state index is 12.7. The molecule has 0 N–H and O–H groups in total. The molecule has 3 nitrogen and oxygen atoms in total. The van der Waals surface area contributed by atoms with Gasteiger partial charge in [-0.3, -0.25) is 0 Å². The minimum Gasteiger partial charge on any atom is -0.207 e. The summed E-state index contributed by atoms with van der Waals surface area (Å²) in [5, 5.41) is 3.01. The first-order valence-corrected chi connectivity index (χ1v) is 3.33. The average molecular weight is 187 g/mol. The van der Waals surface area contributed by atoms with Gasteiger partial charge in [0.15, 0.2) is 0 Å². The largest absolute Gasteiger partial charge is 0.207 e. The van der Waals surface area contributed by atoms with E-state index in [4.69, 9.17) is 5.53 Å². The second-order valence-electron chi connectivity index (χ2n) is 1.94. The Morgan fingerprint density at radius 2 is 2.08 bits per heavy atom. The van der Waals surface area contributed by atoms with Crippen LogP contribution < -0.4 is 0 Å². The minimum atomic E-state index is -0.919. The van der Waals surface area contributed by atoms with Crippen LogP contribution in [0.1, 0.15) is 0 Å². The highest BCUT2D eigenvalue weighted by Gasteiger charge is 2.06. The van der Waals surface area contributed by atoms with Gasteiger partial charge in [0.1, 0.15) is 11.6 Å². The van der Waals surface area contributed by atoms with E-state index in [0.717, 1.165) is 6.07 Å². The fraction of sp³-hybridized carbons (Fsp3) is 0. The first-order valence-electron chi connectivity index (χ1n) is 2.88. The third kappa shape index (κ3) is 1.66. The molecule has 0 heterocycles. The average Bonchev–Trinajstić information content (AvgIpc) is 1.96. The van der Waals surface area contributed by atoms with Crippen molar-refractivity contribution in [3.05, 3.63) is 34.2 Å². The summed E-state index contributed by atoms with van der Waals surface area (Å²) in [5.74, 6) is -1.67. The van der Waals surface area contributed by atoms with E-state index < -0.39 is 11.6 Å². The first-order chi connectivity index (χ1) is 5.65. The predicted octanol–water partition coefficient (Wildman–Crippen LogP) is 3.20. The SMILES string of the molecule is [N-]=[N+]=Nc1c(F)cc(F)cc1S. The number of hydrogen-bond acceptors (Lipinski definition) is 2. The molecular formula is C6H3F2N3S. The van der Waals surface area contributed by atoms with Crippen molar-refractivity contribution < 1.29 is 8.78 Å². The number of benzene rings is 1. The van der Waals surface area contributed by atoms with E-state index in [9.17, 15) is 8.78 Å². The zero-order valence-corrected chi connectivity index (χ0v) is 6.59. The van der Waals surface area contributed by atoms with Crippen LogP contribution in [0.3, 0.4) is 0 Å². The number of halogens is 2. The zero-order valence-electron chi connectivity index (χ0n) is 5.70. The second kappa shape index (κ2) is 3.42. The molecule has 0 amide bonds. The van der Waals surface area contributed by atoms with E-state index in [1.54, 1.807) is 0 Å². The highest BCUT2D eigenvalue weighted by atomic mass is 32.1. The van der Waals surface area contributed by atoms with Gasteiger partial charge in [0.05, 0.1) is 5.69 Å². The van der Waals surface area contributed by atoms with Gasteiger partial charge in [0, 0.05) is 15.9 Å². The molecule has 12 heavy (non-hydrogen) atoms. The van der Waals surface area contributed by atoms with Crippen molar-refractivity contribution >= 4 is 18.3 Å². The smallest absolute Gasteiger partial charge is 0.136 e. The van der Waals surface area contributed by atoms with E-state index in [-0.39, 0.29) is 10.6 Å². The molecule has 62 valence electrons. The molecule has 0 saturated heterocycles. The van der Waals surface area contributed by atoms with Gasteiger partial charge in [0.2, 0.25) is 0 Å². The summed E-state index contributed by atoms with van der Waals surface area (Å²) in [7, 11) is 0. The van der Waals surface area contributed by atoms with Crippen LogP contribution in [-0.2, 0) is 0 Å². The predicted molar refractivity (Wildman–Crippen MR) is 42.4 cm³/mol. The summed E-state index contributed by atoms with van der Waals surface area (Å²) in [6.07, 6.45) is 0. The lowest BCUT2D eigenvalue weighted by Gasteiger charge is -1.98. The molecule has 0 aliphatic rings. The van der Waals surface area contributed by atoms with Gasteiger partial charge in [-0.2, -0.15) is 0 Å². The Bertz CT molecular complexity index is 337. The summed E-state index contributed by atoms with van der Waals surface area (Å²) in [6.45, 7) is 0. The summed E-state index contributed by atoms with van der Waals surface area (Å²) in [5.41, 5.74) is 7.71. The van der Waals surface area contributed by atoms with Crippen molar-refractivity contribution in [2.75, 3.05) is 0 Å². The number of azide groups is 1. The van der Waals surface area contributed by atoms with Crippen LogP contribution in [0.2, 0.25) is 0 Å². The molecule has 1 aromatic rings. The Balaban J connectivity index is 3.37. The molecule has 1 aromatic carbocycles. The fourth-order valence-corrected chi connectivity index (χ4v) is 0.971. The Kier molecular flexibility index (Phi) is 2.52. The summed E-state index contributed by atoms with van der Waals surface area (Å²) in [4.78, 5) is 2.35. The monoisotopic (exact) mass is 187 g/mol. The molecule has 0 aliphatic carbocycles. The third-order valence-electron chi connectivity index (χ3n) is 1.15. The standard InChI is InChI=1S/C6H3F2N3S/c7-3-1-4(8)6(10-11-9)5(12)2-3/h1-2,12H. The van der Waals surface area contributed by atoms with Crippen molar-refractivity contribution in [1.82, 2.24) is 0 Å². The highest BCUT2D eigenvalue weighted by Crippen LogP contribution is 2.27. The normalized spacial score (nSPS) is 9.25. The van der Waals surface area contributed by atoms with Crippen LogP contribution in [0.4, 0.5) is 14.5 Å². The maximum absolute atomic E-state index is 12.7. The van der Waals surface area contributed by atoms with E-state index in [1.165, 1.54) is 0 Å². The molecule has 0 spiro atoms. The Morgan fingerprint density at radius 1 is 1.42 bits per heavy atom. The molecule has 0 atom stereocenters. The van der Waals surface area contributed by atoms with Crippen LogP contribution >= 0.6 is 12.6 Å². The first kappa shape index (κ1) is 8.83. The topological polar surface area (TPSA) is 48.8 Å². The number of hydrogen-bond donors (Lipinski definition) is 1. The Labute approximate surface area is 72.1 Å². The van der Waals surface area contributed by atoms with Crippen molar-refractivity contribution in [2.24, 2.45) is 5.11 Å². The molecule has 1 rings (SSSR count). The lowest BCUT2D eigenvalue weighted by molar-refractivity contribution is 0.579. The van der Waals surface area contributed by atoms with Gasteiger partial charge in [0.25, 0.3) is 0 Å². The molecule has 6 heteroatoms. The quantitative estimate of drug-likeness (QED) is 0.304. The van der Waals surface area contributed by atoms with E-state index in [2.05, 4.69) is 22.7 Å². The number of rotatable bonds is 1. The number of thiol groups is 1. The van der Waals surface area contributed by atoms with Crippen LogP contribution in [0.5, 0.6) is 0 Å². The summed E-state index contributed by atoms with van der Waals surface area (Å²) >= 11 is 3.73. The van der Waals surface area contributed by atoms with Gasteiger partial charge in [-0.15, -0.1) is 12.6 Å². The molecule has 0 radical (unpaired) electrons. The summed E-state index contributed by atoms with van der Waals surface area (Å²) in [6, 6.07) is 1.60. The van der Waals surface area contributed by atoms with E-state index >= 15 is 0 Å². The van der Waals surface area contributed by atoms with Crippen molar-refractivity contribution in [2.45, 2.75) is 4.90 Å². The second-order valence-corrected chi connectivity index (χ2v) is 2.43. The minimum absolute atomic E-state index is 0.0229. The van der Waals surface area contributed by atoms with E-state index in [0.29, 0.717) is 6.07 Å². The van der Waals surface area contributed by atoms with Crippen LogP contribution in [0.15, 0.2) is 22.1 Å². The van der Waals surface area contributed by atoms with Crippen molar-refractivity contribution in [3.8, 4) is 0 Å². The van der Waals surface area contributed by atoms with Gasteiger partial charge < -0.3 is 0 Å². The number of nitrogens with zero attached hydrogens (tertiary/aromatic N) is 3. The lowest BCUT2D eigenvalue weighted by Crippen LogP contribution is -1.81. The van der Waals surface area contributed by atoms with Crippen molar-refractivity contribution in [3.63, 3.8) is 0 Å². The Morgan fingerprint density at radius 3 is 2.58 bits per heavy atom. The van der Waals surface area contributed by atoms with E-state index in [1.807, 2.05) is 0 Å². The summed E-state index contributed by atoms with van der Waals surface area (Å²) < 4.78 is 25.2. The zero-order chi connectivity index (χ0) is 9.14. The van der Waals surface area contributed by atoms with Crippen molar-refractivity contribution in [1.29, 1.82) is 0 Å². The van der Waals surface area contributed by atoms with Crippen LogP contribution in [-0.4, -0.2) is 0 Å². The molecule has 0 bridgehead atoms. The Hall–Kier alpha value is -1.26. The highest BCUT2D eigenvalue weighted by molar-refractivity contribution is 7.80. The van der Waals surface area contributed by atoms with Gasteiger partial charge >= 0.3 is 0 Å².